The molecule has 1 N–H and O–H groups in total. The van der Waals surface area contributed by atoms with E-state index in [1.165, 1.54) is 11.3 Å². The largest absolute Gasteiger partial charge is 0.508 e. The van der Waals surface area contributed by atoms with Crippen LogP contribution in [0.25, 0.3) is 0 Å². The van der Waals surface area contributed by atoms with Gasteiger partial charge in [0.05, 0.1) is 16.7 Å². The molecule has 2 atom stereocenters. The van der Waals surface area contributed by atoms with Gasteiger partial charge in [-0.15, -0.1) is 0 Å². The monoisotopic (exact) mass is 525 g/mol. The molecule has 1 amide bonds. The second-order valence-corrected chi connectivity index (χ2v) is 14.5. The number of nitrogens with one attached hydrogen (secondary N) is 1. The summed E-state index contributed by atoms with van der Waals surface area (Å²) in [5.74, 6) is 1.05. The summed E-state index contributed by atoms with van der Waals surface area (Å²) in [7, 11) is 25.4. The van der Waals surface area contributed by atoms with Crippen LogP contribution < -0.4 is 36.8 Å². The molecular formula is C22H36B12FN3O2. The molecule has 0 aromatic heterocycles. The summed E-state index contributed by atoms with van der Waals surface area (Å²) in [5.41, 5.74) is 6.55. The average molecular weight is 523 g/mol. The van der Waals surface area contributed by atoms with Crippen LogP contribution in [-0.4, -0.2) is 140 Å². The van der Waals surface area contributed by atoms with E-state index in [0.717, 1.165) is 41.9 Å². The van der Waals surface area contributed by atoms with Gasteiger partial charge in [0.1, 0.15) is 106 Å². The van der Waals surface area contributed by atoms with Crippen LogP contribution in [0.5, 0.6) is 5.75 Å². The molecule has 1 saturated heterocycles. The summed E-state index contributed by atoms with van der Waals surface area (Å²) in [5, 5.41) is 1.53. The molecule has 0 aliphatic carbocycles. The number of hydrogen-bond acceptors (Lipinski definition) is 4. The van der Waals surface area contributed by atoms with E-state index in [0.29, 0.717) is 22.9 Å². The summed E-state index contributed by atoms with van der Waals surface area (Å²) in [4.78, 5) is 18.1. The number of likely N-dealkylation sites (tertiary alicyclic amines) is 1. The molecule has 0 bridgehead atoms. The second kappa shape index (κ2) is 9.34. The lowest BCUT2D eigenvalue weighted by atomic mass is 9.23. The van der Waals surface area contributed by atoms with Crippen molar-refractivity contribution in [3.63, 3.8) is 0 Å². The zero-order chi connectivity index (χ0) is 29.7. The minimum Gasteiger partial charge on any atom is -0.508 e. The number of fused-ring (bicyclic) bond motifs is 3. The third-order valence-corrected chi connectivity index (χ3v) is 11.7. The maximum atomic E-state index is 14.8. The van der Waals surface area contributed by atoms with Crippen LogP contribution in [0, 0.1) is 5.82 Å². The van der Waals surface area contributed by atoms with Crippen LogP contribution in [0.15, 0.2) is 18.2 Å². The van der Waals surface area contributed by atoms with Crippen LogP contribution in [0.3, 0.4) is 0 Å². The van der Waals surface area contributed by atoms with Gasteiger partial charge in [-0.2, -0.15) is 0 Å². The Morgan fingerprint density at radius 1 is 0.975 bits per heavy atom. The predicted molar refractivity (Wildman–Crippen MR) is 199 cm³/mol. The molecule has 1 unspecified atom stereocenters. The zero-order valence-electron chi connectivity index (χ0n) is 26.6. The minimum absolute atomic E-state index is 0.0671. The van der Waals surface area contributed by atoms with E-state index in [9.17, 15) is 9.18 Å². The molecule has 2 aromatic carbocycles. The first-order valence-corrected chi connectivity index (χ1v) is 14.8. The number of carbonyl (C=O) groups excluding carboxylic acids is 1. The van der Waals surface area contributed by atoms with Crippen LogP contribution in [0.2, 0.25) is 5.21 Å². The molecule has 5 nitrogen and oxygen atoms in total. The van der Waals surface area contributed by atoms with Gasteiger partial charge < -0.3 is 19.9 Å². The smallest absolute Gasteiger partial charge is 0.233 e. The van der Waals surface area contributed by atoms with Crippen molar-refractivity contribution in [2.45, 2.75) is 39.7 Å². The molecule has 40 heavy (non-hydrogen) atoms. The van der Waals surface area contributed by atoms with Crippen molar-refractivity contribution >= 4 is 133 Å². The lowest BCUT2D eigenvalue weighted by Crippen LogP contribution is -2.71. The van der Waals surface area contributed by atoms with Crippen molar-refractivity contribution in [3.8, 4) is 5.75 Å². The van der Waals surface area contributed by atoms with Crippen LogP contribution in [-0.2, 0) is 4.79 Å². The summed E-state index contributed by atoms with van der Waals surface area (Å²) >= 11 is 0. The van der Waals surface area contributed by atoms with Crippen LogP contribution >= 0.6 is 0 Å². The SMILES string of the molecule is Bc1c(B)c(OC(B)(B)C(B)(B)C(B)(B)N2CCC3[C@@H](C2)c2cccc4c2N3C(B)(B)C(=O)N4)c(B)c(B)c1F. The maximum absolute atomic E-state index is 14.8. The van der Waals surface area contributed by atoms with E-state index >= 15 is 0 Å². The molecule has 0 radical (unpaired) electrons. The quantitative estimate of drug-likeness (QED) is 0.396. The van der Waals surface area contributed by atoms with Gasteiger partial charge in [0.15, 0.2) is 0 Å². The molecule has 3 heterocycles. The Bertz CT molecular complexity index is 1390. The van der Waals surface area contributed by atoms with Crippen molar-refractivity contribution in [1.29, 1.82) is 0 Å². The van der Waals surface area contributed by atoms with Gasteiger partial charge in [-0.25, -0.2) is 4.39 Å². The Kier molecular flexibility index (Phi) is 6.93. The van der Waals surface area contributed by atoms with E-state index in [1.807, 2.05) is 53.1 Å². The maximum Gasteiger partial charge on any atom is 0.233 e. The Labute approximate surface area is 249 Å². The number of rotatable bonds is 5. The highest BCUT2D eigenvalue weighted by Gasteiger charge is 2.56. The molecule has 3 aliphatic rings. The normalized spacial score (nSPS) is 22.3. The van der Waals surface area contributed by atoms with Crippen LogP contribution in [0.1, 0.15) is 17.9 Å². The number of anilines is 2. The van der Waals surface area contributed by atoms with Crippen molar-refractivity contribution in [2.24, 2.45) is 0 Å². The number of amides is 1. The van der Waals surface area contributed by atoms with Gasteiger partial charge in [0.2, 0.25) is 5.91 Å². The minimum atomic E-state index is -0.587. The summed E-state index contributed by atoms with van der Waals surface area (Å²) in [6.45, 7) is 1.86. The number of nitrogens with zero attached hydrogens (tertiary/aromatic N) is 2. The van der Waals surface area contributed by atoms with Gasteiger partial charge in [-0.05, 0) is 29.9 Å². The number of halogens is 1. The lowest BCUT2D eigenvalue weighted by molar-refractivity contribution is -0.117. The van der Waals surface area contributed by atoms with Crippen molar-refractivity contribution in [1.82, 2.24) is 4.90 Å². The molecule has 2 aromatic rings. The Balaban J connectivity index is 1.47. The molecule has 5 rings (SSSR count). The fourth-order valence-corrected chi connectivity index (χ4v) is 7.44. The van der Waals surface area contributed by atoms with E-state index in [4.69, 9.17) is 4.74 Å². The van der Waals surface area contributed by atoms with E-state index in [2.05, 4.69) is 74.3 Å². The van der Waals surface area contributed by atoms with E-state index in [1.54, 1.807) is 0 Å². The highest BCUT2D eigenvalue weighted by molar-refractivity contribution is 6.62. The van der Waals surface area contributed by atoms with E-state index < -0.39 is 10.7 Å². The van der Waals surface area contributed by atoms with E-state index in [-0.39, 0.29) is 22.3 Å². The summed E-state index contributed by atoms with van der Waals surface area (Å²) in [6.07, 6.45) is 0.991. The lowest BCUT2D eigenvalue weighted by Gasteiger charge is -2.60. The van der Waals surface area contributed by atoms with Gasteiger partial charge in [-0.3, -0.25) is 4.79 Å². The number of piperidine rings is 1. The number of ether oxygens (including phenoxy) is 1. The fraction of sp³-hybridized carbons (Fsp3) is 0.409. The van der Waals surface area contributed by atoms with Crippen molar-refractivity contribution in [3.05, 3.63) is 29.6 Å². The molecular weight excluding hydrogens is 487 g/mol. The molecule has 3 aliphatic heterocycles. The molecule has 1 fully saturated rings. The number of benzene rings is 2. The number of carbonyl (C=O) groups is 1. The van der Waals surface area contributed by atoms with Crippen molar-refractivity contribution in [2.75, 3.05) is 23.3 Å². The fourth-order valence-electron chi connectivity index (χ4n) is 7.44. The highest BCUT2D eigenvalue weighted by Crippen LogP contribution is 2.54. The predicted octanol–water partition coefficient (Wildman–Crippen LogP) is -12.0. The standard InChI is InChI=1S/C22H36B12FN3O2/c23-11-13(25)17(14(26)12(24)15(11)35)40-22(33,34)20(29,30)21(31,32)37-5-4-10-8(6-37)7-2-1-3-9-16(7)38(10)19(27,28)18(39)36-9/h1-3,8,10H,4-6,23-34H2,(H,36,39)/t8-,10?/m0/s1. The number of hydrogen-bond donors (Lipinski definition) is 1. The van der Waals surface area contributed by atoms with Gasteiger partial charge >= 0.3 is 0 Å². The highest BCUT2D eigenvalue weighted by atomic mass is 19.1. The Morgan fingerprint density at radius 2 is 1.57 bits per heavy atom. The van der Waals surface area contributed by atoms with Crippen molar-refractivity contribution < 1.29 is 13.9 Å². The third kappa shape index (κ3) is 3.97. The van der Waals surface area contributed by atoms with Crippen LogP contribution in [0.4, 0.5) is 15.8 Å². The average Bonchev–Trinajstić information content (AvgIpc) is 3.23. The first-order valence-electron chi connectivity index (χ1n) is 14.8. The molecule has 194 valence electrons. The third-order valence-electron chi connectivity index (χ3n) is 11.7. The Morgan fingerprint density at radius 3 is 2.17 bits per heavy atom. The van der Waals surface area contributed by atoms with Gasteiger partial charge in [-0.1, -0.05) is 39.2 Å². The first kappa shape index (κ1) is 29.7. The molecule has 0 spiro atoms. The Hall–Kier alpha value is -1.82. The first-order chi connectivity index (χ1) is 18.4. The number of para-hydroxylation sites is 1. The van der Waals surface area contributed by atoms with Gasteiger partial charge in [0.25, 0.3) is 0 Å². The summed E-state index contributed by atoms with van der Waals surface area (Å²) < 4.78 is 21.7. The van der Waals surface area contributed by atoms with Gasteiger partial charge in [0, 0.05) is 23.9 Å². The zero-order valence-corrected chi connectivity index (χ0v) is 26.6. The molecule has 18 heteroatoms. The topological polar surface area (TPSA) is 44.8 Å². The second-order valence-electron chi connectivity index (χ2n) is 14.5. The molecule has 0 saturated carbocycles. The summed E-state index contributed by atoms with van der Waals surface area (Å²) in [6, 6.07) is 6.66.